The summed E-state index contributed by atoms with van der Waals surface area (Å²) in [5.74, 6) is 0. The van der Waals surface area contributed by atoms with Gasteiger partial charge in [0.2, 0.25) is 0 Å². The van der Waals surface area contributed by atoms with E-state index in [9.17, 15) is 0 Å². The highest BCUT2D eigenvalue weighted by Crippen LogP contribution is 2.14. The zero-order chi connectivity index (χ0) is 11.4. The number of hydrogen-bond acceptors (Lipinski definition) is 1. The number of thiol groups is 1. The monoisotopic (exact) mass is 248 g/mol. The third kappa shape index (κ3) is 3.29. The molecular weight excluding hydrogens is 236 g/mol. The molecule has 0 atom stereocenters. The van der Waals surface area contributed by atoms with Crippen LogP contribution in [0.25, 0.3) is 0 Å². The van der Waals surface area contributed by atoms with Gasteiger partial charge in [-0.15, -0.1) is 12.6 Å². The minimum atomic E-state index is 0.793. The Morgan fingerprint density at radius 3 is 2.25 bits per heavy atom. The van der Waals surface area contributed by atoms with Crippen molar-refractivity contribution in [3.05, 3.63) is 64.7 Å². The van der Waals surface area contributed by atoms with Gasteiger partial charge in [0, 0.05) is 9.92 Å². The van der Waals surface area contributed by atoms with E-state index in [4.69, 9.17) is 11.6 Å². The zero-order valence-corrected chi connectivity index (χ0v) is 10.5. The van der Waals surface area contributed by atoms with E-state index < -0.39 is 0 Å². The first-order valence-electron chi connectivity index (χ1n) is 5.26. The number of aryl methyl sites for hydroxylation is 2. The minimum absolute atomic E-state index is 0.793. The first-order valence-corrected chi connectivity index (χ1v) is 6.09. The Labute approximate surface area is 107 Å². The number of rotatable bonds is 3. The van der Waals surface area contributed by atoms with Crippen LogP contribution in [0.15, 0.2) is 53.4 Å². The summed E-state index contributed by atoms with van der Waals surface area (Å²) in [6, 6.07) is 16.3. The van der Waals surface area contributed by atoms with Crippen LogP contribution >= 0.6 is 24.2 Å². The Morgan fingerprint density at radius 2 is 1.56 bits per heavy atom. The van der Waals surface area contributed by atoms with E-state index >= 15 is 0 Å². The molecule has 0 unspecified atom stereocenters. The van der Waals surface area contributed by atoms with Crippen molar-refractivity contribution < 1.29 is 0 Å². The van der Waals surface area contributed by atoms with Gasteiger partial charge in [0.25, 0.3) is 0 Å². The average molecular weight is 249 g/mol. The third-order valence-electron chi connectivity index (χ3n) is 2.53. The van der Waals surface area contributed by atoms with Gasteiger partial charge in [0.15, 0.2) is 0 Å². The van der Waals surface area contributed by atoms with Crippen molar-refractivity contribution in [1.29, 1.82) is 0 Å². The van der Waals surface area contributed by atoms with Crippen LogP contribution < -0.4 is 0 Å². The van der Waals surface area contributed by atoms with Gasteiger partial charge in [-0.05, 0) is 48.2 Å². The van der Waals surface area contributed by atoms with E-state index in [1.807, 2.05) is 24.3 Å². The molecule has 0 heterocycles. The molecule has 0 aliphatic carbocycles. The molecule has 0 nitrogen and oxygen atoms in total. The molecule has 0 N–H and O–H groups in total. The molecule has 0 saturated heterocycles. The van der Waals surface area contributed by atoms with Crippen molar-refractivity contribution >= 4 is 24.2 Å². The lowest BCUT2D eigenvalue weighted by Gasteiger charge is -2.03. The molecule has 0 fully saturated rings. The summed E-state index contributed by atoms with van der Waals surface area (Å²) in [6.07, 6.45) is 2.07. The van der Waals surface area contributed by atoms with Gasteiger partial charge in [-0.1, -0.05) is 35.9 Å². The topological polar surface area (TPSA) is 0 Å². The van der Waals surface area contributed by atoms with Crippen molar-refractivity contribution in [3.63, 3.8) is 0 Å². The van der Waals surface area contributed by atoms with E-state index in [-0.39, 0.29) is 0 Å². The maximum absolute atomic E-state index is 5.84. The van der Waals surface area contributed by atoms with Gasteiger partial charge in [-0.3, -0.25) is 0 Å². The van der Waals surface area contributed by atoms with Crippen LogP contribution in [0, 0.1) is 0 Å². The highest BCUT2D eigenvalue weighted by atomic mass is 35.5. The zero-order valence-electron chi connectivity index (χ0n) is 8.86. The summed E-state index contributed by atoms with van der Waals surface area (Å²) in [4.78, 5) is 1.02. The molecule has 16 heavy (non-hydrogen) atoms. The van der Waals surface area contributed by atoms with Crippen LogP contribution in [-0.2, 0) is 12.8 Å². The Morgan fingerprint density at radius 1 is 0.875 bits per heavy atom. The lowest BCUT2D eigenvalue weighted by atomic mass is 10.0. The Bertz CT molecular complexity index is 462. The summed E-state index contributed by atoms with van der Waals surface area (Å²) in [7, 11) is 0. The molecule has 82 valence electrons. The van der Waals surface area contributed by atoms with Gasteiger partial charge in [-0.25, -0.2) is 0 Å². The molecular formula is C14H13ClS. The fraction of sp³-hybridized carbons (Fsp3) is 0.143. The molecule has 0 amide bonds. The quantitative estimate of drug-likeness (QED) is 0.764. The fourth-order valence-corrected chi connectivity index (χ4v) is 2.03. The maximum Gasteiger partial charge on any atom is 0.0406 e. The number of benzene rings is 2. The van der Waals surface area contributed by atoms with Gasteiger partial charge in [-0.2, -0.15) is 0 Å². The number of halogens is 1. The lowest BCUT2D eigenvalue weighted by Crippen LogP contribution is -1.90. The Hall–Kier alpha value is -0.920. The molecule has 0 radical (unpaired) electrons. The standard InChI is InChI=1S/C14H13ClS/c15-13-8-6-11(7-9-13)4-5-12-2-1-3-14(16)10-12/h1-3,6-10,16H,4-5H2. The largest absolute Gasteiger partial charge is 0.143 e. The number of hydrogen-bond donors (Lipinski definition) is 1. The molecule has 0 aromatic heterocycles. The highest BCUT2D eigenvalue weighted by Gasteiger charge is 1.96. The Kier molecular flexibility index (Phi) is 3.92. The van der Waals surface area contributed by atoms with Crippen LogP contribution in [0.1, 0.15) is 11.1 Å². The van der Waals surface area contributed by atoms with E-state index in [2.05, 4.69) is 36.9 Å². The fourth-order valence-electron chi connectivity index (χ4n) is 1.65. The second-order valence-electron chi connectivity index (χ2n) is 3.80. The van der Waals surface area contributed by atoms with Gasteiger partial charge >= 0.3 is 0 Å². The molecule has 0 saturated carbocycles. The summed E-state index contributed by atoms with van der Waals surface area (Å²) >= 11 is 10.2. The molecule has 0 bridgehead atoms. The van der Waals surface area contributed by atoms with E-state index in [0.29, 0.717) is 0 Å². The van der Waals surface area contributed by atoms with E-state index in [1.165, 1.54) is 11.1 Å². The van der Waals surface area contributed by atoms with Crippen molar-refractivity contribution in [1.82, 2.24) is 0 Å². The van der Waals surface area contributed by atoms with Crippen molar-refractivity contribution in [3.8, 4) is 0 Å². The van der Waals surface area contributed by atoms with Crippen LogP contribution in [0.2, 0.25) is 5.02 Å². The van der Waals surface area contributed by atoms with Crippen molar-refractivity contribution in [2.75, 3.05) is 0 Å². The second kappa shape index (κ2) is 5.42. The van der Waals surface area contributed by atoms with E-state index in [0.717, 1.165) is 22.8 Å². The second-order valence-corrected chi connectivity index (χ2v) is 4.75. The molecule has 0 spiro atoms. The summed E-state index contributed by atoms with van der Waals surface area (Å²) in [5.41, 5.74) is 2.64. The summed E-state index contributed by atoms with van der Waals surface area (Å²) < 4.78 is 0. The van der Waals surface area contributed by atoms with Crippen LogP contribution in [-0.4, -0.2) is 0 Å². The first kappa shape index (κ1) is 11.6. The summed E-state index contributed by atoms with van der Waals surface area (Å²) in [5, 5.41) is 0.793. The van der Waals surface area contributed by atoms with Gasteiger partial charge in [0.05, 0.1) is 0 Å². The highest BCUT2D eigenvalue weighted by molar-refractivity contribution is 7.80. The SMILES string of the molecule is Sc1cccc(CCc2ccc(Cl)cc2)c1. The molecule has 2 heteroatoms. The smallest absolute Gasteiger partial charge is 0.0406 e. The first-order chi connectivity index (χ1) is 7.74. The van der Waals surface area contributed by atoms with Gasteiger partial charge in [0.1, 0.15) is 0 Å². The van der Waals surface area contributed by atoms with Crippen LogP contribution in [0.4, 0.5) is 0 Å². The molecule has 0 aliphatic heterocycles. The molecule has 2 aromatic carbocycles. The van der Waals surface area contributed by atoms with Crippen molar-refractivity contribution in [2.45, 2.75) is 17.7 Å². The average Bonchev–Trinajstić information content (AvgIpc) is 2.28. The summed E-state index contributed by atoms with van der Waals surface area (Å²) in [6.45, 7) is 0. The Balaban J connectivity index is 1.99. The molecule has 0 aliphatic rings. The van der Waals surface area contributed by atoms with Crippen molar-refractivity contribution in [2.24, 2.45) is 0 Å². The molecule has 2 aromatic rings. The normalized spacial score (nSPS) is 10.4. The van der Waals surface area contributed by atoms with E-state index in [1.54, 1.807) is 0 Å². The minimum Gasteiger partial charge on any atom is -0.143 e. The predicted molar refractivity (Wildman–Crippen MR) is 72.6 cm³/mol. The predicted octanol–water partition coefficient (Wildman–Crippen LogP) is 4.41. The van der Waals surface area contributed by atoms with Crippen LogP contribution in [0.5, 0.6) is 0 Å². The molecule has 2 rings (SSSR count). The maximum atomic E-state index is 5.84. The van der Waals surface area contributed by atoms with Crippen LogP contribution in [0.3, 0.4) is 0 Å². The third-order valence-corrected chi connectivity index (χ3v) is 3.06. The lowest BCUT2D eigenvalue weighted by molar-refractivity contribution is 0.955. The van der Waals surface area contributed by atoms with Gasteiger partial charge < -0.3 is 0 Å².